The number of ether oxygens (including phenoxy) is 1. The average molecular weight is 250 g/mol. The summed E-state index contributed by atoms with van der Waals surface area (Å²) in [6.07, 6.45) is 0.982. The van der Waals surface area contributed by atoms with E-state index in [0.29, 0.717) is 26.0 Å². The Balaban J connectivity index is 2.20. The lowest BCUT2D eigenvalue weighted by atomic mass is 10.1. The van der Waals surface area contributed by atoms with Crippen LogP contribution in [0, 0.1) is 0 Å². The number of sulfone groups is 1. The van der Waals surface area contributed by atoms with Gasteiger partial charge in [0.1, 0.15) is 16.4 Å². The van der Waals surface area contributed by atoms with Crippen LogP contribution < -0.4 is 11.1 Å². The first-order valence-electron chi connectivity index (χ1n) is 5.31. The normalized spacial score (nSPS) is 20.6. The first kappa shape index (κ1) is 13.4. The molecule has 0 spiro atoms. The van der Waals surface area contributed by atoms with Crippen molar-refractivity contribution in [3.8, 4) is 0 Å². The SMILES string of the molecule is NCCOCC(=O)NC1CCS(=O)(=O)CC1. The van der Waals surface area contributed by atoms with Crippen molar-refractivity contribution in [2.45, 2.75) is 18.9 Å². The molecule has 0 atom stereocenters. The van der Waals surface area contributed by atoms with Crippen LogP contribution in [0.15, 0.2) is 0 Å². The molecular weight excluding hydrogens is 232 g/mol. The van der Waals surface area contributed by atoms with E-state index in [2.05, 4.69) is 5.32 Å². The fourth-order valence-corrected chi connectivity index (χ4v) is 3.04. The Kier molecular flexibility index (Phi) is 5.17. The zero-order chi connectivity index (χ0) is 12.0. The van der Waals surface area contributed by atoms with Crippen molar-refractivity contribution < 1.29 is 17.9 Å². The number of rotatable bonds is 5. The monoisotopic (exact) mass is 250 g/mol. The highest BCUT2D eigenvalue weighted by Gasteiger charge is 2.24. The van der Waals surface area contributed by atoms with Gasteiger partial charge in [-0.15, -0.1) is 0 Å². The molecule has 0 aromatic carbocycles. The maximum atomic E-state index is 11.3. The van der Waals surface area contributed by atoms with E-state index >= 15 is 0 Å². The number of amides is 1. The van der Waals surface area contributed by atoms with Crippen molar-refractivity contribution in [1.29, 1.82) is 0 Å². The molecule has 0 radical (unpaired) electrons. The van der Waals surface area contributed by atoms with Gasteiger partial charge in [0.15, 0.2) is 0 Å². The van der Waals surface area contributed by atoms with Gasteiger partial charge < -0.3 is 15.8 Å². The molecule has 0 aromatic rings. The largest absolute Gasteiger partial charge is 0.370 e. The van der Waals surface area contributed by atoms with E-state index in [-0.39, 0.29) is 30.1 Å². The van der Waals surface area contributed by atoms with Gasteiger partial charge in [0.05, 0.1) is 18.1 Å². The molecule has 0 unspecified atom stereocenters. The van der Waals surface area contributed by atoms with E-state index in [1.807, 2.05) is 0 Å². The number of carbonyl (C=O) groups is 1. The minimum absolute atomic E-state index is 0.0134. The molecule has 1 aliphatic rings. The van der Waals surface area contributed by atoms with E-state index in [1.165, 1.54) is 0 Å². The minimum Gasteiger partial charge on any atom is -0.370 e. The van der Waals surface area contributed by atoms with Crippen molar-refractivity contribution in [1.82, 2.24) is 5.32 Å². The van der Waals surface area contributed by atoms with Crippen LogP contribution in [-0.2, 0) is 19.4 Å². The smallest absolute Gasteiger partial charge is 0.246 e. The van der Waals surface area contributed by atoms with Crippen molar-refractivity contribution in [3.63, 3.8) is 0 Å². The zero-order valence-electron chi connectivity index (χ0n) is 9.15. The van der Waals surface area contributed by atoms with Crippen LogP contribution in [0.2, 0.25) is 0 Å². The van der Waals surface area contributed by atoms with Gasteiger partial charge in [-0.3, -0.25) is 4.79 Å². The Labute approximate surface area is 95.4 Å². The van der Waals surface area contributed by atoms with Crippen LogP contribution in [0.3, 0.4) is 0 Å². The van der Waals surface area contributed by atoms with Crippen LogP contribution in [0.25, 0.3) is 0 Å². The van der Waals surface area contributed by atoms with Gasteiger partial charge in [-0.2, -0.15) is 0 Å². The standard InChI is InChI=1S/C9H18N2O4S/c10-3-4-15-7-9(12)11-8-1-5-16(13,14)6-2-8/h8H,1-7,10H2,(H,11,12). The van der Waals surface area contributed by atoms with Gasteiger partial charge in [-0.1, -0.05) is 0 Å². The lowest BCUT2D eigenvalue weighted by Gasteiger charge is -2.22. The molecule has 7 heteroatoms. The summed E-state index contributed by atoms with van der Waals surface area (Å²) in [5.74, 6) is 0.0983. The van der Waals surface area contributed by atoms with Crippen LogP contribution in [-0.4, -0.2) is 51.6 Å². The molecule has 1 rings (SSSR count). The van der Waals surface area contributed by atoms with Crippen LogP contribution in [0.1, 0.15) is 12.8 Å². The lowest BCUT2D eigenvalue weighted by molar-refractivity contribution is -0.126. The molecule has 0 aliphatic carbocycles. The quantitative estimate of drug-likeness (QED) is 0.588. The maximum absolute atomic E-state index is 11.3. The molecule has 1 aliphatic heterocycles. The fraction of sp³-hybridized carbons (Fsp3) is 0.889. The Morgan fingerprint density at radius 2 is 2.00 bits per heavy atom. The highest BCUT2D eigenvalue weighted by molar-refractivity contribution is 7.91. The van der Waals surface area contributed by atoms with E-state index in [4.69, 9.17) is 10.5 Å². The molecule has 0 saturated carbocycles. The summed E-state index contributed by atoms with van der Waals surface area (Å²) in [6.45, 7) is 0.724. The van der Waals surface area contributed by atoms with Crippen LogP contribution >= 0.6 is 0 Å². The second kappa shape index (κ2) is 6.17. The van der Waals surface area contributed by atoms with Gasteiger partial charge in [-0.25, -0.2) is 8.42 Å². The molecule has 1 saturated heterocycles. The Morgan fingerprint density at radius 3 is 2.56 bits per heavy atom. The molecule has 1 fully saturated rings. The van der Waals surface area contributed by atoms with E-state index in [1.54, 1.807) is 0 Å². The number of nitrogens with one attached hydrogen (secondary N) is 1. The van der Waals surface area contributed by atoms with Gasteiger partial charge in [0.25, 0.3) is 0 Å². The molecule has 6 nitrogen and oxygen atoms in total. The third kappa shape index (κ3) is 4.91. The molecule has 3 N–H and O–H groups in total. The van der Waals surface area contributed by atoms with Gasteiger partial charge >= 0.3 is 0 Å². The summed E-state index contributed by atoms with van der Waals surface area (Å²) in [6, 6.07) is -0.0440. The predicted octanol–water partition coefficient (Wildman–Crippen LogP) is -1.34. The highest BCUT2D eigenvalue weighted by atomic mass is 32.2. The van der Waals surface area contributed by atoms with Gasteiger partial charge in [0.2, 0.25) is 5.91 Å². The first-order chi connectivity index (χ1) is 7.53. The summed E-state index contributed by atoms with van der Waals surface area (Å²) in [5.41, 5.74) is 5.21. The molecule has 94 valence electrons. The van der Waals surface area contributed by atoms with E-state index < -0.39 is 9.84 Å². The van der Waals surface area contributed by atoms with Gasteiger partial charge in [-0.05, 0) is 12.8 Å². The second-order valence-corrected chi connectivity index (χ2v) is 6.14. The van der Waals surface area contributed by atoms with Crippen LogP contribution in [0.4, 0.5) is 0 Å². The third-order valence-electron chi connectivity index (χ3n) is 2.42. The Bertz CT molecular complexity index is 314. The average Bonchev–Trinajstić information content (AvgIpc) is 2.22. The maximum Gasteiger partial charge on any atom is 0.246 e. The van der Waals surface area contributed by atoms with Crippen molar-refractivity contribution in [2.75, 3.05) is 31.3 Å². The van der Waals surface area contributed by atoms with E-state index in [9.17, 15) is 13.2 Å². The van der Waals surface area contributed by atoms with Crippen LogP contribution in [0.5, 0.6) is 0 Å². The second-order valence-electron chi connectivity index (χ2n) is 3.83. The molecule has 0 aromatic heterocycles. The summed E-state index contributed by atoms with van der Waals surface area (Å²) >= 11 is 0. The highest BCUT2D eigenvalue weighted by Crippen LogP contribution is 2.11. The molecule has 1 heterocycles. The molecule has 1 amide bonds. The predicted molar refractivity (Wildman–Crippen MR) is 59.7 cm³/mol. The third-order valence-corrected chi connectivity index (χ3v) is 4.13. The topological polar surface area (TPSA) is 98.5 Å². The number of carbonyl (C=O) groups excluding carboxylic acids is 1. The Hall–Kier alpha value is -0.660. The number of hydrogen-bond donors (Lipinski definition) is 2. The molecule has 16 heavy (non-hydrogen) atoms. The zero-order valence-corrected chi connectivity index (χ0v) is 9.96. The first-order valence-corrected chi connectivity index (χ1v) is 7.13. The number of nitrogens with two attached hydrogens (primary N) is 1. The fourth-order valence-electron chi connectivity index (χ4n) is 1.55. The summed E-state index contributed by atoms with van der Waals surface area (Å²) in [5, 5.41) is 2.75. The molecular formula is C9H18N2O4S. The Morgan fingerprint density at radius 1 is 1.38 bits per heavy atom. The lowest BCUT2D eigenvalue weighted by Crippen LogP contribution is -2.42. The van der Waals surface area contributed by atoms with E-state index in [0.717, 1.165) is 0 Å². The summed E-state index contributed by atoms with van der Waals surface area (Å²) < 4.78 is 27.3. The summed E-state index contributed by atoms with van der Waals surface area (Å²) in [7, 11) is -2.87. The minimum atomic E-state index is -2.87. The number of hydrogen-bond acceptors (Lipinski definition) is 5. The van der Waals surface area contributed by atoms with Crippen molar-refractivity contribution >= 4 is 15.7 Å². The van der Waals surface area contributed by atoms with Crippen molar-refractivity contribution in [2.24, 2.45) is 5.73 Å². The summed E-state index contributed by atoms with van der Waals surface area (Å²) in [4.78, 5) is 11.3. The molecule has 0 bridgehead atoms. The van der Waals surface area contributed by atoms with Crippen molar-refractivity contribution in [3.05, 3.63) is 0 Å². The van der Waals surface area contributed by atoms with Gasteiger partial charge in [0, 0.05) is 12.6 Å².